The van der Waals surface area contributed by atoms with Crippen LogP contribution in [0.25, 0.3) is 0 Å². The third-order valence-electron chi connectivity index (χ3n) is 4.04. The van der Waals surface area contributed by atoms with E-state index >= 15 is 0 Å². The number of carbonyl (C=O) groups is 3. The molecule has 26 heavy (non-hydrogen) atoms. The highest BCUT2D eigenvalue weighted by atomic mass is 16.5. The summed E-state index contributed by atoms with van der Waals surface area (Å²) in [5.41, 5.74) is 1.80. The highest BCUT2D eigenvalue weighted by Crippen LogP contribution is 2.20. The molecule has 2 aromatic rings. The largest absolute Gasteiger partial charge is 0.461 e. The van der Waals surface area contributed by atoms with Crippen molar-refractivity contribution >= 4 is 17.7 Å². The van der Waals surface area contributed by atoms with Gasteiger partial charge in [0.05, 0.1) is 19.4 Å². The Morgan fingerprint density at radius 3 is 2.54 bits per heavy atom. The van der Waals surface area contributed by atoms with E-state index in [1.54, 1.807) is 32.9 Å². The first-order chi connectivity index (χ1) is 12.4. The van der Waals surface area contributed by atoms with E-state index in [1.165, 1.54) is 11.2 Å². The topological polar surface area (TPSA) is 92.6 Å². The lowest BCUT2D eigenvalue weighted by molar-refractivity contribution is 0.0519. The number of rotatable bonds is 8. The fourth-order valence-corrected chi connectivity index (χ4v) is 2.91. The van der Waals surface area contributed by atoms with E-state index in [9.17, 15) is 14.4 Å². The fourth-order valence-electron chi connectivity index (χ4n) is 2.91. The second kappa shape index (κ2) is 8.51. The van der Waals surface area contributed by atoms with Gasteiger partial charge in [-0.1, -0.05) is 6.92 Å². The van der Waals surface area contributed by atoms with Crippen LogP contribution >= 0.6 is 0 Å². The maximum atomic E-state index is 12.8. The summed E-state index contributed by atoms with van der Waals surface area (Å²) >= 11 is 0. The van der Waals surface area contributed by atoms with E-state index in [2.05, 4.69) is 4.98 Å². The first-order valence-corrected chi connectivity index (χ1v) is 8.62. The van der Waals surface area contributed by atoms with Gasteiger partial charge in [0, 0.05) is 17.8 Å². The molecular formula is C19H24N2O5. The fraction of sp³-hybridized carbons (Fsp3) is 0.421. The zero-order valence-electron chi connectivity index (χ0n) is 15.5. The van der Waals surface area contributed by atoms with Crippen molar-refractivity contribution in [3.05, 3.63) is 46.7 Å². The Morgan fingerprint density at radius 1 is 1.23 bits per heavy atom. The number of aryl methyl sites for hydroxylation is 1. The first kappa shape index (κ1) is 19.5. The van der Waals surface area contributed by atoms with Gasteiger partial charge in [-0.3, -0.25) is 9.59 Å². The van der Waals surface area contributed by atoms with Gasteiger partial charge in [0.15, 0.2) is 11.5 Å². The number of aromatic amines is 1. The zero-order valence-corrected chi connectivity index (χ0v) is 15.5. The maximum absolute atomic E-state index is 12.8. The van der Waals surface area contributed by atoms with Gasteiger partial charge in [0.25, 0.3) is 5.91 Å². The average Bonchev–Trinajstić information content (AvgIpc) is 3.22. The van der Waals surface area contributed by atoms with E-state index in [-0.39, 0.29) is 36.3 Å². The van der Waals surface area contributed by atoms with Crippen LogP contribution < -0.4 is 0 Å². The van der Waals surface area contributed by atoms with Crippen LogP contribution in [0.15, 0.2) is 22.8 Å². The van der Waals surface area contributed by atoms with Crippen LogP contribution in [-0.4, -0.2) is 47.2 Å². The number of nitrogens with zero attached hydrogens (tertiary/aromatic N) is 1. The molecule has 7 nitrogen and oxygen atoms in total. The van der Waals surface area contributed by atoms with Crippen molar-refractivity contribution in [3.8, 4) is 0 Å². The predicted octanol–water partition coefficient (Wildman–Crippen LogP) is 3.14. The number of hydrogen-bond donors (Lipinski definition) is 1. The Morgan fingerprint density at radius 2 is 1.96 bits per heavy atom. The van der Waals surface area contributed by atoms with Crippen LogP contribution in [0, 0.1) is 13.8 Å². The zero-order chi connectivity index (χ0) is 19.3. The Kier molecular flexibility index (Phi) is 6.38. The molecule has 0 saturated carbocycles. The molecule has 140 valence electrons. The van der Waals surface area contributed by atoms with Crippen LogP contribution in [0.2, 0.25) is 0 Å². The van der Waals surface area contributed by atoms with Crippen LogP contribution in [0.1, 0.15) is 62.9 Å². The molecule has 0 saturated heterocycles. The highest BCUT2D eigenvalue weighted by Gasteiger charge is 2.26. The number of H-pyrrole nitrogens is 1. The summed E-state index contributed by atoms with van der Waals surface area (Å²) in [5, 5.41) is 0. The normalized spacial score (nSPS) is 10.6. The third kappa shape index (κ3) is 4.04. The molecule has 0 unspecified atom stereocenters. The van der Waals surface area contributed by atoms with Crippen molar-refractivity contribution in [2.75, 3.05) is 19.7 Å². The third-order valence-corrected chi connectivity index (χ3v) is 4.04. The molecule has 0 spiro atoms. The molecule has 0 fully saturated rings. The Hall–Kier alpha value is -2.83. The molecular weight excluding hydrogens is 336 g/mol. The quantitative estimate of drug-likeness (QED) is 0.577. The number of amides is 1. The van der Waals surface area contributed by atoms with Crippen molar-refractivity contribution in [1.29, 1.82) is 0 Å². The molecule has 2 rings (SSSR count). The summed E-state index contributed by atoms with van der Waals surface area (Å²) in [6.45, 7) is 7.66. The summed E-state index contributed by atoms with van der Waals surface area (Å²) in [4.78, 5) is 41.8. The number of carbonyl (C=O) groups excluding carboxylic acids is 3. The molecule has 0 aliphatic heterocycles. The van der Waals surface area contributed by atoms with Gasteiger partial charge in [0.2, 0.25) is 0 Å². The van der Waals surface area contributed by atoms with Gasteiger partial charge in [-0.25, -0.2) is 4.79 Å². The number of furan rings is 1. The van der Waals surface area contributed by atoms with E-state index in [1.807, 2.05) is 6.92 Å². The minimum Gasteiger partial charge on any atom is -0.461 e. The second-order valence-corrected chi connectivity index (χ2v) is 5.97. The smallest absolute Gasteiger partial charge is 0.355 e. The highest BCUT2D eigenvalue weighted by molar-refractivity contribution is 6.05. The summed E-state index contributed by atoms with van der Waals surface area (Å²) in [6, 6.07) is 3.20. The molecule has 1 amide bonds. The standard InChI is InChI=1S/C19H24N2O5/c1-5-9-21(18(23)15-8-7-10-26-15)11-14(22)16-12(3)17(20-13(16)4)19(24)25-6-2/h7-8,10,20H,5-6,9,11H2,1-4H3. The molecule has 0 atom stereocenters. The first-order valence-electron chi connectivity index (χ1n) is 8.62. The van der Waals surface area contributed by atoms with Gasteiger partial charge in [-0.15, -0.1) is 0 Å². The predicted molar refractivity (Wildman–Crippen MR) is 95.5 cm³/mol. The number of aromatic nitrogens is 1. The van der Waals surface area contributed by atoms with Crippen LogP contribution in [-0.2, 0) is 4.74 Å². The molecule has 0 aliphatic rings. The number of esters is 1. The van der Waals surface area contributed by atoms with Crippen molar-refractivity contribution in [2.45, 2.75) is 34.1 Å². The second-order valence-electron chi connectivity index (χ2n) is 5.97. The summed E-state index contributed by atoms with van der Waals surface area (Å²) in [5.74, 6) is -0.869. The number of nitrogens with one attached hydrogen (secondary N) is 1. The van der Waals surface area contributed by atoms with Gasteiger partial charge in [-0.05, 0) is 44.9 Å². The van der Waals surface area contributed by atoms with Crippen molar-refractivity contribution < 1.29 is 23.5 Å². The SMILES string of the molecule is CCCN(CC(=O)c1c(C)[nH]c(C(=O)OCC)c1C)C(=O)c1ccco1. The summed E-state index contributed by atoms with van der Waals surface area (Å²) < 4.78 is 10.2. The van der Waals surface area contributed by atoms with Gasteiger partial charge in [0.1, 0.15) is 5.69 Å². The van der Waals surface area contributed by atoms with Crippen molar-refractivity contribution in [2.24, 2.45) is 0 Å². The Labute approximate surface area is 152 Å². The monoisotopic (exact) mass is 360 g/mol. The van der Waals surface area contributed by atoms with Gasteiger partial charge < -0.3 is 19.0 Å². The molecule has 0 aromatic carbocycles. The maximum Gasteiger partial charge on any atom is 0.355 e. The molecule has 1 N–H and O–H groups in total. The average molecular weight is 360 g/mol. The number of hydrogen-bond acceptors (Lipinski definition) is 5. The van der Waals surface area contributed by atoms with Crippen molar-refractivity contribution in [1.82, 2.24) is 9.88 Å². The summed E-state index contributed by atoms with van der Waals surface area (Å²) in [7, 11) is 0. The van der Waals surface area contributed by atoms with E-state index in [0.29, 0.717) is 29.8 Å². The van der Waals surface area contributed by atoms with Gasteiger partial charge in [-0.2, -0.15) is 0 Å². The lowest BCUT2D eigenvalue weighted by Gasteiger charge is -2.20. The number of ether oxygens (including phenoxy) is 1. The lowest BCUT2D eigenvalue weighted by atomic mass is 10.0. The Bertz CT molecular complexity index is 789. The van der Waals surface area contributed by atoms with E-state index in [0.717, 1.165) is 0 Å². The van der Waals surface area contributed by atoms with Crippen LogP contribution in [0.3, 0.4) is 0 Å². The molecule has 2 aromatic heterocycles. The van der Waals surface area contributed by atoms with E-state index < -0.39 is 5.97 Å². The summed E-state index contributed by atoms with van der Waals surface area (Å²) in [6.07, 6.45) is 2.13. The minimum atomic E-state index is -0.496. The minimum absolute atomic E-state index is 0.0881. The molecule has 0 bridgehead atoms. The molecule has 2 heterocycles. The van der Waals surface area contributed by atoms with Gasteiger partial charge >= 0.3 is 5.97 Å². The van der Waals surface area contributed by atoms with Crippen molar-refractivity contribution in [3.63, 3.8) is 0 Å². The van der Waals surface area contributed by atoms with E-state index in [4.69, 9.17) is 9.15 Å². The lowest BCUT2D eigenvalue weighted by Crippen LogP contribution is -2.36. The molecule has 7 heteroatoms. The molecule has 0 aliphatic carbocycles. The molecule has 0 radical (unpaired) electrons. The number of ketones is 1. The number of Topliss-reactive ketones (excluding diaryl/α,β-unsaturated/α-hetero) is 1. The Balaban J connectivity index is 2.24. The van der Waals surface area contributed by atoms with Crippen LogP contribution in [0.5, 0.6) is 0 Å². The van der Waals surface area contributed by atoms with Crippen LogP contribution in [0.4, 0.5) is 0 Å².